The topological polar surface area (TPSA) is 46.6 Å². The summed E-state index contributed by atoms with van der Waals surface area (Å²) >= 11 is 3.44. The Bertz CT molecular complexity index is 746. The Hall–Kier alpha value is -2.14. The van der Waals surface area contributed by atoms with Gasteiger partial charge in [-0.05, 0) is 35.7 Å². The lowest BCUT2D eigenvalue weighted by Crippen LogP contribution is -2.39. The standard InChI is InChI=1S/C19H18BrNO3/c20-16-7-8-17-15(12-16)6-9-18(22)21(17)13-19(23)24-11-10-14-4-2-1-3-5-14/h1-5,7-8,12H,6,9-11,13H2. The monoisotopic (exact) mass is 387 g/mol. The lowest BCUT2D eigenvalue weighted by molar-refractivity contribution is -0.142. The molecule has 1 amide bonds. The van der Waals surface area contributed by atoms with Crippen LogP contribution in [0.3, 0.4) is 0 Å². The van der Waals surface area contributed by atoms with E-state index in [2.05, 4.69) is 15.9 Å². The Kier molecular flexibility index (Phi) is 5.30. The fourth-order valence-electron chi connectivity index (χ4n) is 2.80. The van der Waals surface area contributed by atoms with E-state index in [1.54, 1.807) is 0 Å². The van der Waals surface area contributed by atoms with Crippen LogP contribution < -0.4 is 4.90 Å². The van der Waals surface area contributed by atoms with E-state index in [0.29, 0.717) is 25.9 Å². The molecule has 0 radical (unpaired) electrons. The molecule has 0 aromatic heterocycles. The maximum atomic E-state index is 12.2. The maximum absolute atomic E-state index is 12.2. The van der Waals surface area contributed by atoms with E-state index in [0.717, 1.165) is 21.3 Å². The summed E-state index contributed by atoms with van der Waals surface area (Å²) in [5.41, 5.74) is 2.99. The average molecular weight is 388 g/mol. The Labute approximate surface area is 149 Å². The summed E-state index contributed by atoms with van der Waals surface area (Å²) < 4.78 is 6.27. The van der Waals surface area contributed by atoms with Crippen LogP contribution in [0, 0.1) is 0 Å². The molecule has 2 aromatic rings. The van der Waals surface area contributed by atoms with Crippen molar-refractivity contribution in [2.75, 3.05) is 18.1 Å². The van der Waals surface area contributed by atoms with E-state index >= 15 is 0 Å². The van der Waals surface area contributed by atoms with Crippen LogP contribution in [0.25, 0.3) is 0 Å². The molecule has 2 aromatic carbocycles. The predicted molar refractivity (Wildman–Crippen MR) is 95.9 cm³/mol. The van der Waals surface area contributed by atoms with Crippen molar-refractivity contribution in [3.63, 3.8) is 0 Å². The van der Waals surface area contributed by atoms with E-state index in [-0.39, 0.29) is 18.4 Å². The number of carbonyl (C=O) groups is 2. The lowest BCUT2D eigenvalue weighted by atomic mass is 10.0. The second-order valence-electron chi connectivity index (χ2n) is 5.71. The number of esters is 1. The van der Waals surface area contributed by atoms with Crippen molar-refractivity contribution in [2.24, 2.45) is 0 Å². The number of ether oxygens (including phenoxy) is 1. The number of anilines is 1. The lowest BCUT2D eigenvalue weighted by Gasteiger charge is -2.28. The van der Waals surface area contributed by atoms with Crippen LogP contribution >= 0.6 is 15.9 Å². The molecule has 1 aliphatic rings. The van der Waals surface area contributed by atoms with Crippen molar-refractivity contribution in [3.05, 3.63) is 64.1 Å². The molecule has 0 N–H and O–H groups in total. The quantitative estimate of drug-likeness (QED) is 0.737. The third kappa shape index (κ3) is 4.03. The van der Waals surface area contributed by atoms with Crippen LogP contribution in [0.2, 0.25) is 0 Å². The number of halogens is 1. The summed E-state index contributed by atoms with van der Waals surface area (Å²) in [6.45, 7) is 0.278. The van der Waals surface area contributed by atoms with Gasteiger partial charge >= 0.3 is 5.97 Å². The number of hydrogen-bond donors (Lipinski definition) is 0. The Balaban J connectivity index is 1.59. The van der Waals surface area contributed by atoms with Crippen molar-refractivity contribution in [3.8, 4) is 0 Å². The molecule has 0 saturated carbocycles. The highest BCUT2D eigenvalue weighted by molar-refractivity contribution is 9.10. The summed E-state index contributed by atoms with van der Waals surface area (Å²) in [5.74, 6) is -0.417. The number of carbonyl (C=O) groups excluding carboxylic acids is 2. The van der Waals surface area contributed by atoms with Crippen molar-refractivity contribution in [1.29, 1.82) is 0 Å². The smallest absolute Gasteiger partial charge is 0.326 e. The first-order valence-electron chi connectivity index (χ1n) is 7.92. The van der Waals surface area contributed by atoms with Gasteiger partial charge in [0.05, 0.1) is 6.61 Å². The van der Waals surface area contributed by atoms with Gasteiger partial charge in [0, 0.05) is 23.0 Å². The van der Waals surface area contributed by atoms with E-state index < -0.39 is 0 Å². The summed E-state index contributed by atoms with van der Waals surface area (Å²) in [5, 5.41) is 0. The molecule has 124 valence electrons. The number of benzene rings is 2. The second kappa shape index (κ2) is 7.62. The average Bonchev–Trinajstić information content (AvgIpc) is 2.58. The molecule has 1 heterocycles. The number of rotatable bonds is 5. The van der Waals surface area contributed by atoms with Crippen LogP contribution in [0.15, 0.2) is 53.0 Å². The van der Waals surface area contributed by atoms with Gasteiger partial charge in [0.1, 0.15) is 6.54 Å². The highest BCUT2D eigenvalue weighted by Crippen LogP contribution is 2.30. The molecular formula is C19H18BrNO3. The van der Waals surface area contributed by atoms with Crippen molar-refractivity contribution < 1.29 is 14.3 Å². The molecule has 0 bridgehead atoms. The first-order valence-corrected chi connectivity index (χ1v) is 8.71. The van der Waals surface area contributed by atoms with Gasteiger partial charge in [-0.25, -0.2) is 0 Å². The van der Waals surface area contributed by atoms with Gasteiger partial charge in [0.25, 0.3) is 0 Å². The molecule has 0 aliphatic carbocycles. The Morgan fingerprint density at radius 3 is 2.71 bits per heavy atom. The minimum atomic E-state index is -0.380. The molecular weight excluding hydrogens is 370 g/mol. The minimum absolute atomic E-state index is 0.0372. The number of nitrogens with zero attached hydrogens (tertiary/aromatic N) is 1. The first-order chi connectivity index (χ1) is 11.6. The van der Waals surface area contributed by atoms with Gasteiger partial charge in [-0.15, -0.1) is 0 Å². The SMILES string of the molecule is O=C(CN1C(=O)CCc2cc(Br)ccc21)OCCc1ccccc1. The zero-order valence-corrected chi connectivity index (χ0v) is 14.8. The normalized spacial score (nSPS) is 13.5. The van der Waals surface area contributed by atoms with Crippen molar-refractivity contribution in [2.45, 2.75) is 19.3 Å². The van der Waals surface area contributed by atoms with Crippen LogP contribution in [-0.4, -0.2) is 25.0 Å². The van der Waals surface area contributed by atoms with Crippen LogP contribution in [0.1, 0.15) is 17.5 Å². The minimum Gasteiger partial charge on any atom is -0.464 e. The molecule has 0 saturated heterocycles. The number of fused-ring (bicyclic) bond motifs is 1. The maximum Gasteiger partial charge on any atom is 0.326 e. The number of aryl methyl sites for hydroxylation is 1. The zero-order chi connectivity index (χ0) is 16.9. The van der Waals surface area contributed by atoms with Gasteiger partial charge in [-0.2, -0.15) is 0 Å². The van der Waals surface area contributed by atoms with Crippen LogP contribution in [0.5, 0.6) is 0 Å². The van der Waals surface area contributed by atoms with E-state index in [9.17, 15) is 9.59 Å². The predicted octanol–water partition coefficient (Wildman–Crippen LogP) is 3.51. The molecule has 0 fully saturated rings. The Morgan fingerprint density at radius 2 is 1.92 bits per heavy atom. The second-order valence-corrected chi connectivity index (χ2v) is 6.62. The molecule has 4 nitrogen and oxygen atoms in total. The molecule has 0 atom stereocenters. The van der Waals surface area contributed by atoms with E-state index in [4.69, 9.17) is 4.74 Å². The van der Waals surface area contributed by atoms with Gasteiger partial charge in [0.2, 0.25) is 5.91 Å². The highest BCUT2D eigenvalue weighted by atomic mass is 79.9. The molecule has 3 rings (SSSR count). The van der Waals surface area contributed by atoms with Crippen molar-refractivity contribution in [1.82, 2.24) is 0 Å². The van der Waals surface area contributed by atoms with Crippen LogP contribution in [-0.2, 0) is 27.2 Å². The van der Waals surface area contributed by atoms with Gasteiger partial charge in [-0.1, -0.05) is 46.3 Å². The van der Waals surface area contributed by atoms with Crippen molar-refractivity contribution >= 4 is 33.5 Å². The Morgan fingerprint density at radius 1 is 1.12 bits per heavy atom. The van der Waals surface area contributed by atoms with Crippen LogP contribution in [0.4, 0.5) is 5.69 Å². The fourth-order valence-corrected chi connectivity index (χ4v) is 3.21. The summed E-state index contributed by atoms with van der Waals surface area (Å²) in [6, 6.07) is 15.6. The molecule has 5 heteroatoms. The third-order valence-corrected chi connectivity index (χ3v) is 4.52. The highest BCUT2D eigenvalue weighted by Gasteiger charge is 2.26. The van der Waals surface area contributed by atoms with Gasteiger partial charge < -0.3 is 9.64 Å². The summed E-state index contributed by atoms with van der Waals surface area (Å²) in [4.78, 5) is 25.8. The largest absolute Gasteiger partial charge is 0.464 e. The molecule has 0 spiro atoms. The fraction of sp³-hybridized carbons (Fsp3) is 0.263. The summed E-state index contributed by atoms with van der Waals surface area (Å²) in [7, 11) is 0. The number of hydrogen-bond acceptors (Lipinski definition) is 3. The molecule has 24 heavy (non-hydrogen) atoms. The first kappa shape index (κ1) is 16.7. The summed E-state index contributed by atoms with van der Waals surface area (Å²) in [6.07, 6.45) is 1.79. The molecule has 0 unspecified atom stereocenters. The van der Waals surface area contributed by atoms with Gasteiger partial charge in [0.15, 0.2) is 0 Å². The number of amides is 1. The van der Waals surface area contributed by atoms with E-state index in [1.807, 2.05) is 48.5 Å². The zero-order valence-electron chi connectivity index (χ0n) is 13.2. The third-order valence-electron chi connectivity index (χ3n) is 4.03. The van der Waals surface area contributed by atoms with Gasteiger partial charge in [-0.3, -0.25) is 9.59 Å². The van der Waals surface area contributed by atoms with E-state index in [1.165, 1.54) is 4.90 Å². The molecule has 1 aliphatic heterocycles.